The second kappa shape index (κ2) is 13.5. The number of nitrogens with one attached hydrogen (secondary N) is 1. The number of rotatable bonds is 11. The van der Waals surface area contributed by atoms with Crippen molar-refractivity contribution in [2.24, 2.45) is 0 Å². The van der Waals surface area contributed by atoms with E-state index in [2.05, 4.69) is 5.32 Å². The van der Waals surface area contributed by atoms with Crippen LogP contribution in [0, 0.1) is 10.1 Å². The molecule has 1 aliphatic heterocycles. The molecule has 3 aromatic rings. The molecule has 2 N–H and O–H groups in total. The van der Waals surface area contributed by atoms with Crippen LogP contribution in [0.4, 0.5) is 5.69 Å². The molecular weight excluding hydrogens is 560 g/mol. The molecule has 0 saturated carbocycles. The molecule has 13 heteroatoms. The number of carboxylic acids is 1. The molecule has 4 rings (SSSR count). The highest BCUT2D eigenvalue weighted by molar-refractivity contribution is 5.99. The van der Waals surface area contributed by atoms with Gasteiger partial charge in [0.25, 0.3) is 17.5 Å². The first-order chi connectivity index (χ1) is 20.6. The molecule has 224 valence electrons. The fourth-order valence-electron chi connectivity index (χ4n) is 4.85. The zero-order chi connectivity index (χ0) is 31.1. The Morgan fingerprint density at radius 1 is 0.953 bits per heavy atom. The number of hydrogen-bond donors (Lipinski definition) is 2. The fourth-order valence-corrected chi connectivity index (χ4v) is 4.85. The van der Waals surface area contributed by atoms with Crippen molar-refractivity contribution in [3.63, 3.8) is 0 Å². The van der Waals surface area contributed by atoms with Crippen LogP contribution in [-0.4, -0.2) is 77.0 Å². The molecule has 0 bridgehead atoms. The van der Waals surface area contributed by atoms with E-state index in [1.54, 1.807) is 42.5 Å². The second-order valence-corrected chi connectivity index (χ2v) is 9.73. The van der Waals surface area contributed by atoms with Gasteiger partial charge in [-0.3, -0.25) is 29.3 Å². The Kier molecular flexibility index (Phi) is 9.55. The highest BCUT2D eigenvalue weighted by Crippen LogP contribution is 2.26. The van der Waals surface area contributed by atoms with Crippen LogP contribution in [0.1, 0.15) is 33.9 Å². The fraction of sp³-hybridized carbons (Fsp3) is 0.267. The minimum atomic E-state index is -1.42. The summed E-state index contributed by atoms with van der Waals surface area (Å²) < 4.78 is 10.4. The first-order valence-electron chi connectivity index (χ1n) is 13.2. The molecule has 0 aromatic heterocycles. The number of carbonyl (C=O) groups is 4. The number of nitrogens with zero attached hydrogens (tertiary/aromatic N) is 3. The Bertz CT molecular complexity index is 1530. The van der Waals surface area contributed by atoms with Crippen molar-refractivity contribution in [3.05, 3.63) is 99.6 Å². The molecule has 3 aromatic carbocycles. The molecule has 2 unspecified atom stereocenters. The molecule has 3 amide bonds. The maximum atomic E-state index is 13.9. The maximum Gasteiger partial charge on any atom is 0.305 e. The van der Waals surface area contributed by atoms with Crippen LogP contribution in [-0.2, 0) is 20.8 Å². The molecule has 0 radical (unpaired) electrons. The van der Waals surface area contributed by atoms with E-state index in [-0.39, 0.29) is 36.3 Å². The number of hydrogen-bond acceptors (Lipinski definition) is 8. The number of non-ortho nitro benzene ring substituents is 1. The molecule has 1 fully saturated rings. The summed E-state index contributed by atoms with van der Waals surface area (Å²) in [5, 5.41) is 23.5. The van der Waals surface area contributed by atoms with Crippen molar-refractivity contribution < 1.29 is 38.7 Å². The summed E-state index contributed by atoms with van der Waals surface area (Å²) in [4.78, 5) is 66.0. The van der Waals surface area contributed by atoms with E-state index in [4.69, 9.17) is 9.47 Å². The summed E-state index contributed by atoms with van der Waals surface area (Å²) >= 11 is 0. The molecular formula is C30H30N4O9. The Morgan fingerprint density at radius 3 is 2.28 bits per heavy atom. The van der Waals surface area contributed by atoms with Gasteiger partial charge in [0, 0.05) is 30.8 Å². The lowest BCUT2D eigenvalue weighted by molar-refractivity contribution is -0.384. The topological polar surface area (TPSA) is 169 Å². The molecule has 0 spiro atoms. The van der Waals surface area contributed by atoms with Crippen LogP contribution in [0.25, 0.3) is 0 Å². The smallest absolute Gasteiger partial charge is 0.305 e. The third-order valence-electron chi connectivity index (χ3n) is 7.00. The Morgan fingerprint density at radius 2 is 1.63 bits per heavy atom. The van der Waals surface area contributed by atoms with Crippen molar-refractivity contribution in [1.82, 2.24) is 15.1 Å². The Labute approximate surface area is 246 Å². The minimum absolute atomic E-state index is 0.0306. The van der Waals surface area contributed by atoms with Gasteiger partial charge in [0.2, 0.25) is 5.91 Å². The number of benzene rings is 3. The quantitative estimate of drug-likeness (QED) is 0.252. The van der Waals surface area contributed by atoms with Crippen molar-refractivity contribution in [3.8, 4) is 11.5 Å². The number of amides is 3. The zero-order valence-corrected chi connectivity index (χ0v) is 23.5. The second-order valence-electron chi connectivity index (χ2n) is 9.73. The minimum Gasteiger partial charge on any atom is -0.497 e. The first kappa shape index (κ1) is 30.5. The van der Waals surface area contributed by atoms with Gasteiger partial charge in [-0.15, -0.1) is 0 Å². The molecule has 1 heterocycles. The molecule has 2 atom stereocenters. The van der Waals surface area contributed by atoms with Gasteiger partial charge in [-0.1, -0.05) is 30.3 Å². The van der Waals surface area contributed by atoms with Gasteiger partial charge in [-0.2, -0.15) is 0 Å². The Balaban J connectivity index is 1.66. The van der Waals surface area contributed by atoms with Crippen LogP contribution >= 0.6 is 0 Å². The molecule has 43 heavy (non-hydrogen) atoms. The van der Waals surface area contributed by atoms with E-state index < -0.39 is 47.2 Å². The standard InChI is InChI=1S/C30H30N4O9/c1-42-23-11-9-19(10-12-23)15-26(35)32-13-14-33(30(39)21-6-4-8-24(17-21)43-2)29(32)28(38)31-25(18-27(36)37)20-5-3-7-22(16-20)34(40)41/h3-12,16-17,25,29H,13-15,18H2,1-2H3,(H,31,38)(H,36,37). The van der Waals surface area contributed by atoms with Crippen molar-refractivity contribution in [2.75, 3.05) is 27.3 Å². The number of methoxy groups -OCH3 is 2. The lowest BCUT2D eigenvalue weighted by atomic mass is 10.0. The number of carboxylic acid groups (broad SMARTS) is 1. The van der Waals surface area contributed by atoms with Crippen LogP contribution in [0.3, 0.4) is 0 Å². The van der Waals surface area contributed by atoms with Gasteiger partial charge >= 0.3 is 5.97 Å². The maximum absolute atomic E-state index is 13.9. The normalized spacial score (nSPS) is 15.0. The van der Waals surface area contributed by atoms with E-state index in [0.29, 0.717) is 17.1 Å². The predicted molar refractivity (Wildman–Crippen MR) is 152 cm³/mol. The zero-order valence-electron chi connectivity index (χ0n) is 23.5. The van der Waals surface area contributed by atoms with E-state index in [9.17, 15) is 34.4 Å². The van der Waals surface area contributed by atoms with Gasteiger partial charge in [0.05, 0.1) is 38.0 Å². The molecule has 13 nitrogen and oxygen atoms in total. The average molecular weight is 591 g/mol. The number of carbonyl (C=O) groups excluding carboxylic acids is 3. The first-order valence-corrected chi connectivity index (χ1v) is 13.2. The number of nitro groups is 1. The third kappa shape index (κ3) is 7.25. The van der Waals surface area contributed by atoms with Gasteiger partial charge < -0.3 is 29.7 Å². The van der Waals surface area contributed by atoms with Crippen LogP contribution in [0.5, 0.6) is 11.5 Å². The number of nitro benzene ring substituents is 1. The van der Waals surface area contributed by atoms with Gasteiger partial charge in [0.1, 0.15) is 11.5 Å². The molecule has 1 saturated heterocycles. The van der Waals surface area contributed by atoms with Gasteiger partial charge in [-0.05, 0) is 41.5 Å². The lowest BCUT2D eigenvalue weighted by Gasteiger charge is -2.31. The van der Waals surface area contributed by atoms with E-state index >= 15 is 0 Å². The summed E-state index contributed by atoms with van der Waals surface area (Å²) in [6.07, 6.45) is -2.08. The van der Waals surface area contributed by atoms with Crippen LogP contribution < -0.4 is 14.8 Å². The number of ether oxygens (including phenoxy) is 2. The predicted octanol–water partition coefficient (Wildman–Crippen LogP) is 2.80. The molecule has 1 aliphatic rings. The third-order valence-corrected chi connectivity index (χ3v) is 7.00. The monoisotopic (exact) mass is 590 g/mol. The van der Waals surface area contributed by atoms with Crippen LogP contribution in [0.2, 0.25) is 0 Å². The van der Waals surface area contributed by atoms with Gasteiger partial charge in [-0.25, -0.2) is 0 Å². The summed E-state index contributed by atoms with van der Waals surface area (Å²) in [5.74, 6) is -2.02. The highest BCUT2D eigenvalue weighted by atomic mass is 16.6. The largest absolute Gasteiger partial charge is 0.497 e. The summed E-state index contributed by atoms with van der Waals surface area (Å²) in [7, 11) is 2.97. The number of aliphatic carboxylic acids is 1. The van der Waals surface area contributed by atoms with Gasteiger partial charge in [0.15, 0.2) is 6.17 Å². The van der Waals surface area contributed by atoms with Crippen LogP contribution in [0.15, 0.2) is 72.8 Å². The summed E-state index contributed by atoms with van der Waals surface area (Å²) in [5.41, 5.74) is 0.782. The van der Waals surface area contributed by atoms with E-state index in [1.165, 1.54) is 54.4 Å². The summed E-state index contributed by atoms with van der Waals surface area (Å²) in [6.45, 7) is 0.0755. The molecule has 0 aliphatic carbocycles. The highest BCUT2D eigenvalue weighted by Gasteiger charge is 2.43. The van der Waals surface area contributed by atoms with E-state index in [0.717, 1.165) is 0 Å². The Hall–Kier alpha value is -5.46. The summed E-state index contributed by atoms with van der Waals surface area (Å²) in [6, 6.07) is 17.2. The van der Waals surface area contributed by atoms with Crippen molar-refractivity contribution in [2.45, 2.75) is 25.0 Å². The SMILES string of the molecule is COc1ccc(CC(=O)N2CCN(C(=O)c3cccc(OC)c3)C2C(=O)NC(CC(=O)O)c2cccc([N+](=O)[O-])c2)cc1. The average Bonchev–Trinajstić information content (AvgIpc) is 3.46. The van der Waals surface area contributed by atoms with Crippen molar-refractivity contribution >= 4 is 29.4 Å². The lowest BCUT2D eigenvalue weighted by Crippen LogP contribution is -2.54. The van der Waals surface area contributed by atoms with E-state index in [1.807, 2.05) is 0 Å². The van der Waals surface area contributed by atoms with Crippen molar-refractivity contribution in [1.29, 1.82) is 0 Å².